The third-order valence-electron chi connectivity index (χ3n) is 9.85. The second kappa shape index (κ2) is 16.1. The molecule has 3 amide bonds. The van der Waals surface area contributed by atoms with E-state index in [4.69, 9.17) is 9.47 Å². The van der Waals surface area contributed by atoms with Gasteiger partial charge in [-0.1, -0.05) is 72.8 Å². The van der Waals surface area contributed by atoms with Crippen LogP contribution in [-0.4, -0.2) is 67.6 Å². The van der Waals surface area contributed by atoms with Gasteiger partial charge in [-0.3, -0.25) is 19.3 Å². The number of likely N-dealkylation sites (tertiary alicyclic amines) is 1. The normalized spacial score (nSPS) is 23.1. The number of hydrogen-bond acceptors (Lipinski definition) is 6. The minimum absolute atomic E-state index is 0.0588. The Morgan fingerprint density at radius 2 is 1.60 bits per heavy atom. The highest BCUT2D eigenvalue weighted by Crippen LogP contribution is 2.36. The number of rotatable bonds is 8. The lowest BCUT2D eigenvalue weighted by atomic mass is 9.75. The molecule has 0 radical (unpaired) electrons. The quantitative estimate of drug-likeness (QED) is 0.300. The number of benzene rings is 3. The van der Waals surface area contributed by atoms with Crippen LogP contribution in [0.3, 0.4) is 0 Å². The SMILES string of the molecule is O=C(CN1CC[C@@H]2NC(=O)[C@@H](Cc3ccccc3)NC(=O)C3(CC=CC[C@@H]2C1)CCOCC3)Nc1ccc(OCc2ccccc2)cc1. The van der Waals surface area contributed by atoms with Crippen LogP contribution >= 0.6 is 0 Å². The predicted octanol–water partition coefficient (Wildman–Crippen LogP) is 4.89. The summed E-state index contributed by atoms with van der Waals surface area (Å²) < 4.78 is 11.5. The molecule has 3 aromatic rings. The van der Waals surface area contributed by atoms with Gasteiger partial charge in [-0.05, 0) is 73.4 Å². The lowest BCUT2D eigenvalue weighted by Crippen LogP contribution is -2.58. The van der Waals surface area contributed by atoms with Gasteiger partial charge >= 0.3 is 0 Å². The van der Waals surface area contributed by atoms with E-state index in [2.05, 4.69) is 33.0 Å². The maximum atomic E-state index is 13.9. The molecule has 3 aliphatic rings. The van der Waals surface area contributed by atoms with Crippen LogP contribution in [-0.2, 0) is 32.1 Å². The molecule has 2 saturated heterocycles. The zero-order chi connectivity index (χ0) is 33.2. The third kappa shape index (κ3) is 8.90. The number of amides is 3. The number of piperidine rings is 1. The van der Waals surface area contributed by atoms with E-state index in [0.29, 0.717) is 58.6 Å². The smallest absolute Gasteiger partial charge is 0.243 e. The fourth-order valence-corrected chi connectivity index (χ4v) is 6.98. The minimum atomic E-state index is -0.678. The van der Waals surface area contributed by atoms with Gasteiger partial charge in [0.05, 0.1) is 12.0 Å². The summed E-state index contributed by atoms with van der Waals surface area (Å²) in [6.45, 7) is 3.18. The monoisotopic (exact) mass is 650 g/mol. The molecule has 6 rings (SSSR count). The average Bonchev–Trinajstić information content (AvgIpc) is 3.11. The zero-order valence-electron chi connectivity index (χ0n) is 27.4. The largest absolute Gasteiger partial charge is 0.489 e. The highest BCUT2D eigenvalue weighted by molar-refractivity contribution is 5.92. The van der Waals surface area contributed by atoms with Crippen molar-refractivity contribution in [2.75, 3.05) is 38.2 Å². The number of anilines is 1. The van der Waals surface area contributed by atoms with Gasteiger partial charge in [-0.25, -0.2) is 0 Å². The van der Waals surface area contributed by atoms with Crippen molar-refractivity contribution in [3.63, 3.8) is 0 Å². The number of hydrogen-bond donors (Lipinski definition) is 3. The van der Waals surface area contributed by atoms with Gasteiger partial charge in [0.15, 0.2) is 0 Å². The van der Waals surface area contributed by atoms with Gasteiger partial charge in [-0.2, -0.15) is 0 Å². The Bertz CT molecular complexity index is 1540. The topological polar surface area (TPSA) is 109 Å². The van der Waals surface area contributed by atoms with Gasteiger partial charge < -0.3 is 25.4 Å². The van der Waals surface area contributed by atoms with Crippen LogP contribution in [0.2, 0.25) is 0 Å². The number of fused-ring (bicyclic) bond motifs is 1. The average molecular weight is 651 g/mol. The van der Waals surface area contributed by atoms with Crippen molar-refractivity contribution in [3.8, 4) is 5.75 Å². The van der Waals surface area contributed by atoms with E-state index in [1.807, 2.05) is 84.9 Å². The summed E-state index contributed by atoms with van der Waals surface area (Å²) in [6, 6.07) is 26.5. The maximum Gasteiger partial charge on any atom is 0.243 e. The molecule has 0 unspecified atom stereocenters. The molecule has 3 atom stereocenters. The highest BCUT2D eigenvalue weighted by atomic mass is 16.5. The van der Waals surface area contributed by atoms with Crippen molar-refractivity contribution >= 4 is 23.4 Å². The molecule has 3 heterocycles. The van der Waals surface area contributed by atoms with E-state index in [9.17, 15) is 14.4 Å². The fraction of sp³-hybridized carbons (Fsp3) is 0.410. The van der Waals surface area contributed by atoms with Crippen LogP contribution in [0, 0.1) is 11.3 Å². The van der Waals surface area contributed by atoms with E-state index < -0.39 is 11.5 Å². The number of ether oxygens (including phenoxy) is 2. The number of carbonyl (C=O) groups is 3. The van der Waals surface area contributed by atoms with Crippen molar-refractivity contribution < 1.29 is 23.9 Å². The summed E-state index contributed by atoms with van der Waals surface area (Å²) in [6.07, 6.45) is 8.05. The van der Waals surface area contributed by atoms with Crippen LogP contribution in [0.15, 0.2) is 97.1 Å². The number of nitrogens with zero attached hydrogens (tertiary/aromatic N) is 1. The summed E-state index contributed by atoms with van der Waals surface area (Å²) in [5, 5.41) is 9.48. The molecule has 1 spiro atoms. The van der Waals surface area contributed by atoms with Crippen LogP contribution in [0.25, 0.3) is 0 Å². The standard InChI is InChI=1S/C39H46N4O5/c44-36(40-32-14-16-33(17-15-32)48-28-30-11-5-2-6-12-30)27-43-22-18-34-31(26-43)13-7-8-19-39(20-23-47-24-21-39)38(46)42-35(37(45)41-34)25-29-9-3-1-4-10-29/h1-12,14-17,31,34-35H,13,18-28H2,(H,40,44)(H,41,45)(H,42,46)/t31-,34+,35-/m1/s1. The summed E-state index contributed by atoms with van der Waals surface area (Å²) in [5.74, 6) is 0.567. The molecule has 0 aromatic heterocycles. The Morgan fingerprint density at radius 1 is 0.896 bits per heavy atom. The van der Waals surface area contributed by atoms with Crippen LogP contribution < -0.4 is 20.7 Å². The number of carbonyl (C=O) groups excluding carboxylic acids is 3. The van der Waals surface area contributed by atoms with Gasteiger partial charge in [-0.15, -0.1) is 0 Å². The molecule has 3 aliphatic heterocycles. The number of nitrogens with one attached hydrogen (secondary N) is 3. The summed E-state index contributed by atoms with van der Waals surface area (Å²) in [4.78, 5) is 42.9. The van der Waals surface area contributed by atoms with Crippen molar-refractivity contribution in [2.45, 2.75) is 57.2 Å². The third-order valence-corrected chi connectivity index (χ3v) is 9.85. The van der Waals surface area contributed by atoms with Gasteiger partial charge in [0.25, 0.3) is 0 Å². The summed E-state index contributed by atoms with van der Waals surface area (Å²) >= 11 is 0. The first-order valence-corrected chi connectivity index (χ1v) is 17.1. The lowest BCUT2D eigenvalue weighted by molar-refractivity contribution is -0.140. The molecule has 48 heavy (non-hydrogen) atoms. The Morgan fingerprint density at radius 3 is 2.33 bits per heavy atom. The lowest BCUT2D eigenvalue weighted by Gasteiger charge is -2.40. The minimum Gasteiger partial charge on any atom is -0.489 e. The van der Waals surface area contributed by atoms with Crippen molar-refractivity contribution in [1.82, 2.24) is 15.5 Å². The van der Waals surface area contributed by atoms with Crippen molar-refractivity contribution in [2.24, 2.45) is 11.3 Å². The molecule has 9 nitrogen and oxygen atoms in total. The first kappa shape index (κ1) is 33.4. The second-order valence-electron chi connectivity index (χ2n) is 13.3. The molecule has 0 aliphatic carbocycles. The predicted molar refractivity (Wildman–Crippen MR) is 185 cm³/mol. The molecular formula is C39H46N4O5. The Labute approximate surface area is 283 Å². The first-order chi connectivity index (χ1) is 23.5. The van der Waals surface area contributed by atoms with Crippen molar-refractivity contribution in [3.05, 3.63) is 108 Å². The van der Waals surface area contributed by atoms with E-state index in [1.165, 1.54) is 0 Å². The summed E-state index contributed by atoms with van der Waals surface area (Å²) in [5.41, 5.74) is 2.22. The molecule has 2 fully saturated rings. The second-order valence-corrected chi connectivity index (χ2v) is 13.3. The molecule has 3 N–H and O–H groups in total. The molecule has 252 valence electrons. The van der Waals surface area contributed by atoms with Crippen LogP contribution in [0.5, 0.6) is 5.75 Å². The van der Waals surface area contributed by atoms with Crippen molar-refractivity contribution in [1.29, 1.82) is 0 Å². The van der Waals surface area contributed by atoms with E-state index in [1.54, 1.807) is 0 Å². The molecular weight excluding hydrogens is 604 g/mol. The Kier molecular flexibility index (Phi) is 11.2. The number of allylic oxidation sites excluding steroid dienone is 2. The van der Waals surface area contributed by atoms with E-state index in [0.717, 1.165) is 35.4 Å². The van der Waals surface area contributed by atoms with E-state index in [-0.39, 0.29) is 36.2 Å². The highest BCUT2D eigenvalue weighted by Gasteiger charge is 2.41. The zero-order valence-corrected chi connectivity index (χ0v) is 27.4. The van der Waals surface area contributed by atoms with Crippen LogP contribution in [0.1, 0.15) is 43.2 Å². The molecule has 0 bridgehead atoms. The first-order valence-electron chi connectivity index (χ1n) is 17.1. The van der Waals surface area contributed by atoms with Gasteiger partial charge in [0.2, 0.25) is 17.7 Å². The Hall–Kier alpha value is -4.47. The van der Waals surface area contributed by atoms with Crippen LogP contribution in [0.4, 0.5) is 5.69 Å². The van der Waals surface area contributed by atoms with Gasteiger partial charge in [0, 0.05) is 44.5 Å². The Balaban J connectivity index is 1.08. The van der Waals surface area contributed by atoms with Gasteiger partial charge in [0.1, 0.15) is 18.4 Å². The fourth-order valence-electron chi connectivity index (χ4n) is 6.98. The molecule has 9 heteroatoms. The summed E-state index contributed by atoms with van der Waals surface area (Å²) in [7, 11) is 0. The van der Waals surface area contributed by atoms with E-state index >= 15 is 0 Å². The maximum absolute atomic E-state index is 13.9. The molecule has 0 saturated carbocycles. The molecule has 3 aromatic carbocycles.